The molecular weight excluding hydrogens is 1090 g/mol. The smallest absolute Gasteiger partial charge is 0.326 e. The Morgan fingerprint density at radius 2 is 1.27 bits per heavy atom. The number of nitrogens with one attached hydrogen (secondary N) is 8. The fraction of sp³-hybridized carbons (Fsp3) is 0.696. The summed E-state index contributed by atoms with van der Waals surface area (Å²) in [5, 5.41) is 48.3. The summed E-state index contributed by atoms with van der Waals surface area (Å²) in [6.07, 6.45) is 3.37. The van der Waals surface area contributed by atoms with Crippen molar-refractivity contribution in [1.82, 2.24) is 51.9 Å². The Morgan fingerprint density at radius 3 is 1.81 bits per heavy atom. The van der Waals surface area contributed by atoms with Crippen molar-refractivity contribution in [2.75, 3.05) is 51.6 Å². The van der Waals surface area contributed by atoms with Gasteiger partial charge in [-0.25, -0.2) is 4.79 Å². The van der Waals surface area contributed by atoms with E-state index >= 15 is 9.59 Å². The highest BCUT2D eigenvalue weighted by Crippen LogP contribution is 2.28. The van der Waals surface area contributed by atoms with Crippen molar-refractivity contribution < 1.29 is 53.4 Å². The Balaban J connectivity index is 1.42. The number of amides is 8. The Morgan fingerprint density at radius 1 is 0.699 bits per heavy atom. The van der Waals surface area contributed by atoms with Crippen molar-refractivity contribution in [1.29, 1.82) is 5.41 Å². The summed E-state index contributed by atoms with van der Waals surface area (Å²) in [7, 11) is 0. The fourth-order valence-corrected chi connectivity index (χ4v) is 11.4. The van der Waals surface area contributed by atoms with E-state index in [-0.39, 0.29) is 99.3 Å². The number of hydrogen-bond donors (Lipinski definition) is 14. The molecule has 1 aromatic rings. The Bertz CT molecular complexity index is 2480. The molecule has 27 heteroatoms. The molecule has 0 spiro atoms. The van der Waals surface area contributed by atoms with Crippen LogP contribution in [0, 0.1) is 34.5 Å². The lowest BCUT2D eigenvalue weighted by molar-refractivity contribution is -0.145. The third-order valence-corrected chi connectivity index (χ3v) is 16.6. The normalized spacial score (nSPS) is 20.4. The molecule has 4 fully saturated rings. The molecule has 1 aromatic carbocycles. The molecule has 6 unspecified atom stereocenters. The summed E-state index contributed by atoms with van der Waals surface area (Å²) < 4.78 is 0. The molecule has 4 aliphatic rings. The number of carboxylic acid groups (broad SMARTS) is 1. The van der Waals surface area contributed by atoms with Gasteiger partial charge in [-0.15, -0.1) is 0 Å². The van der Waals surface area contributed by atoms with Gasteiger partial charge in [-0.1, -0.05) is 53.7 Å². The largest absolute Gasteiger partial charge is 0.508 e. The highest BCUT2D eigenvalue weighted by atomic mass is 32.1. The first kappa shape index (κ1) is 66.9. The SMILES string of the molecule is CC(C)C[C@H](NC(=O)C(NC(=O)[C@H](Cc1ccc(O)cc1)NC(=O)C1CCCN1C(=O)[C@H](CCCN=C(N)N)NC(=O)C(NC(=O)C1CCCN1C(=O)C(NC(=O)C(C)CS)C1CCNCC1)C1CCN(C(=N)N)CC1)C(C)(C)C)C(=O)O. The van der Waals surface area contributed by atoms with Crippen molar-refractivity contribution in [3.63, 3.8) is 0 Å². The number of carbonyl (C=O) groups is 9. The highest BCUT2D eigenvalue weighted by Gasteiger charge is 2.45. The van der Waals surface area contributed by atoms with Gasteiger partial charge in [0.25, 0.3) is 0 Å². The molecule has 0 saturated carbocycles. The molecule has 0 aromatic heterocycles. The maximum atomic E-state index is 15.0. The van der Waals surface area contributed by atoms with Crippen molar-refractivity contribution in [3.05, 3.63) is 29.8 Å². The van der Waals surface area contributed by atoms with Crippen LogP contribution in [0.5, 0.6) is 5.75 Å². The zero-order chi connectivity index (χ0) is 61.3. The molecule has 8 amide bonds. The number of thiol groups is 1. The number of piperidine rings is 2. The van der Waals surface area contributed by atoms with Crippen LogP contribution in [0.2, 0.25) is 0 Å². The van der Waals surface area contributed by atoms with Gasteiger partial charge < -0.3 is 79.3 Å². The summed E-state index contributed by atoms with van der Waals surface area (Å²) in [5.74, 6) is -7.52. The van der Waals surface area contributed by atoms with Crippen LogP contribution in [0.3, 0.4) is 0 Å². The number of carbonyl (C=O) groups excluding carboxylic acids is 8. The molecule has 4 saturated heterocycles. The average Bonchev–Trinajstić information content (AvgIpc) is 4.41. The van der Waals surface area contributed by atoms with Gasteiger partial charge in [0.15, 0.2) is 11.9 Å². The van der Waals surface area contributed by atoms with Crippen LogP contribution >= 0.6 is 12.6 Å². The zero-order valence-corrected chi connectivity index (χ0v) is 49.8. The van der Waals surface area contributed by atoms with Crippen LogP contribution in [0.1, 0.15) is 118 Å². The van der Waals surface area contributed by atoms with Crippen LogP contribution < -0.4 is 54.4 Å². The van der Waals surface area contributed by atoms with Crippen LogP contribution in [-0.4, -0.2) is 190 Å². The third kappa shape index (κ3) is 19.3. The van der Waals surface area contributed by atoms with Crippen molar-refractivity contribution in [3.8, 4) is 5.75 Å². The number of carboxylic acids is 1. The van der Waals surface area contributed by atoms with E-state index in [0.29, 0.717) is 70.3 Å². The molecule has 4 heterocycles. The second-order valence-corrected chi connectivity index (χ2v) is 24.4. The van der Waals surface area contributed by atoms with E-state index in [4.69, 9.17) is 22.6 Å². The van der Waals surface area contributed by atoms with Gasteiger partial charge in [0, 0.05) is 50.8 Å². The highest BCUT2D eigenvalue weighted by molar-refractivity contribution is 7.80. The fourth-order valence-electron chi connectivity index (χ4n) is 11.3. The molecule has 462 valence electrons. The van der Waals surface area contributed by atoms with Gasteiger partial charge in [-0.05, 0) is 125 Å². The lowest BCUT2D eigenvalue weighted by Crippen LogP contribution is -2.62. The van der Waals surface area contributed by atoms with Gasteiger partial charge in [-0.2, -0.15) is 12.6 Å². The summed E-state index contributed by atoms with van der Waals surface area (Å²) in [6, 6.07) is -3.51. The maximum absolute atomic E-state index is 15.0. The minimum atomic E-state index is -1.36. The first-order valence-corrected chi connectivity index (χ1v) is 29.7. The van der Waals surface area contributed by atoms with E-state index in [1.165, 1.54) is 21.9 Å². The minimum Gasteiger partial charge on any atom is -0.508 e. The molecular formula is C56H91N15O11S. The predicted octanol–water partition coefficient (Wildman–Crippen LogP) is -0.773. The molecule has 0 aliphatic carbocycles. The molecule has 16 N–H and O–H groups in total. The summed E-state index contributed by atoms with van der Waals surface area (Å²) in [5.41, 5.74) is 16.7. The predicted molar refractivity (Wildman–Crippen MR) is 314 cm³/mol. The van der Waals surface area contributed by atoms with E-state index in [2.05, 4.69) is 54.8 Å². The summed E-state index contributed by atoms with van der Waals surface area (Å²) in [4.78, 5) is 136. The number of rotatable bonds is 26. The number of nitrogens with two attached hydrogens (primary N) is 3. The topological polar surface area (TPSA) is 402 Å². The lowest BCUT2D eigenvalue weighted by Gasteiger charge is -2.38. The third-order valence-electron chi connectivity index (χ3n) is 16.1. The Kier molecular flexibility index (Phi) is 25.1. The van der Waals surface area contributed by atoms with E-state index in [0.717, 1.165) is 0 Å². The first-order chi connectivity index (χ1) is 39.2. The van der Waals surface area contributed by atoms with Crippen molar-refractivity contribution >= 4 is 77.8 Å². The number of benzene rings is 1. The monoisotopic (exact) mass is 1180 g/mol. The molecule has 4 aliphatic heterocycles. The second-order valence-electron chi connectivity index (χ2n) is 24.0. The van der Waals surface area contributed by atoms with Crippen LogP contribution in [0.15, 0.2) is 29.3 Å². The van der Waals surface area contributed by atoms with E-state index in [1.54, 1.807) is 44.7 Å². The van der Waals surface area contributed by atoms with Gasteiger partial charge in [0.2, 0.25) is 47.3 Å². The van der Waals surface area contributed by atoms with Gasteiger partial charge in [-0.3, -0.25) is 48.8 Å². The number of phenolic OH excluding ortho intramolecular Hbond substituents is 1. The van der Waals surface area contributed by atoms with Crippen molar-refractivity contribution in [2.24, 2.45) is 51.3 Å². The second kappa shape index (κ2) is 31.1. The quantitative estimate of drug-likeness (QED) is 0.0234. The molecule has 0 bridgehead atoms. The number of aliphatic imine (C=N–C) groups is 1. The van der Waals surface area contributed by atoms with Crippen LogP contribution in [0.25, 0.3) is 0 Å². The van der Waals surface area contributed by atoms with Gasteiger partial charge in [0.05, 0.1) is 0 Å². The van der Waals surface area contributed by atoms with E-state index in [9.17, 15) is 43.8 Å². The van der Waals surface area contributed by atoms with Crippen molar-refractivity contribution in [2.45, 2.75) is 167 Å². The Hall–Kier alpha value is -6.90. The number of guanidine groups is 2. The zero-order valence-electron chi connectivity index (χ0n) is 48.9. The number of nitrogens with zero attached hydrogens (tertiary/aromatic N) is 4. The van der Waals surface area contributed by atoms with Gasteiger partial charge in [0.1, 0.15) is 54.1 Å². The standard InChI is InChI=1S/C56H91N15O11S/c1-31(2)28-39(53(81)82)65-50(78)44(56(4,5)6)68-46(74)38(29-33-13-15-36(72)16-14-33)64-47(75)40-11-8-24-70(40)51(79)37(10-7-21-62-54(57)58)63-49(77)42(35-19-26-69(27-20-35)55(59)60)66-48(76)41-12-9-25-71(41)52(80)43(34-17-22-61-23-18-34)67-45(73)32(3)30-83/h13-16,31-32,34-35,37-44,61,72,83H,7-12,17-30H2,1-6H3,(H3,59,60)(H,63,77)(H,64,75)(H,65,78)(H,66,76)(H,67,73)(H,68,74)(H,81,82)(H4,57,58,62)/t32?,37-,38-,39-,40?,41?,42?,43?,44?/m0/s1. The van der Waals surface area contributed by atoms with E-state index < -0.39 is 113 Å². The first-order valence-electron chi connectivity index (χ1n) is 29.1. The molecule has 83 heavy (non-hydrogen) atoms. The molecule has 9 atom stereocenters. The van der Waals surface area contributed by atoms with Gasteiger partial charge >= 0.3 is 5.97 Å². The van der Waals surface area contributed by atoms with Crippen LogP contribution in [0.4, 0.5) is 0 Å². The molecule has 5 rings (SSSR count). The lowest BCUT2D eigenvalue weighted by atomic mass is 9.85. The van der Waals surface area contributed by atoms with E-state index in [1.807, 2.05) is 13.8 Å². The molecule has 26 nitrogen and oxygen atoms in total. The number of hydrogen-bond acceptors (Lipinski definition) is 14. The summed E-state index contributed by atoms with van der Waals surface area (Å²) in [6.45, 7) is 12.7. The number of phenols is 1. The molecule has 0 radical (unpaired) electrons. The number of aliphatic carboxylic acids is 1. The Labute approximate surface area is 492 Å². The number of aromatic hydroxyl groups is 1. The maximum Gasteiger partial charge on any atom is 0.326 e. The summed E-state index contributed by atoms with van der Waals surface area (Å²) >= 11 is 4.29. The number of likely N-dealkylation sites (tertiary alicyclic amines) is 3. The average molecular weight is 1180 g/mol. The van der Waals surface area contributed by atoms with Crippen LogP contribution in [-0.2, 0) is 49.6 Å². The minimum absolute atomic E-state index is 0.0157.